The highest BCUT2D eigenvalue weighted by molar-refractivity contribution is 5.28. The molecule has 0 radical (unpaired) electrons. The molecular weight excluding hydrogens is 148 g/mol. The van der Waals surface area contributed by atoms with Crippen LogP contribution in [0.4, 0.5) is 0 Å². The number of hydrogen-bond donors (Lipinski definition) is 0. The zero-order valence-electron chi connectivity index (χ0n) is 8.68. The molecule has 0 aromatic carbocycles. The topological polar surface area (TPSA) is 9.23 Å². The van der Waals surface area contributed by atoms with Crippen molar-refractivity contribution in [3.05, 3.63) is 23.5 Å². The normalized spacial score (nSPS) is 22.0. The zero-order chi connectivity index (χ0) is 9.40. The fourth-order valence-corrected chi connectivity index (χ4v) is 1.20. The van der Waals surface area contributed by atoms with Crippen molar-refractivity contribution in [3.63, 3.8) is 0 Å². The number of hydrogen-bond acceptors (Lipinski definition) is 1. The highest BCUT2D eigenvalue weighted by Crippen LogP contribution is 2.23. The van der Waals surface area contributed by atoms with Crippen LogP contribution in [0.2, 0.25) is 0 Å². The highest BCUT2D eigenvalue weighted by atomic mass is 16.5. The Hall–Kier alpha value is -0.720. The van der Waals surface area contributed by atoms with Crippen LogP contribution in [0.5, 0.6) is 0 Å². The molecule has 0 atom stereocenters. The van der Waals surface area contributed by atoms with Crippen LogP contribution in [0.3, 0.4) is 0 Å². The molecule has 0 N–H and O–H groups in total. The maximum Gasteiger partial charge on any atom is 0.118 e. The molecule has 0 saturated carbocycles. The Bertz CT molecular complexity index is 166. The highest BCUT2D eigenvalue weighted by Gasteiger charge is 2.11. The molecule has 0 aliphatic carbocycles. The van der Waals surface area contributed by atoms with E-state index in [0.717, 1.165) is 25.2 Å². The lowest BCUT2D eigenvalue weighted by atomic mass is 10.1. The summed E-state index contributed by atoms with van der Waals surface area (Å²) in [6.07, 6.45) is 6.47. The molecule has 0 amide bonds. The van der Waals surface area contributed by atoms with Gasteiger partial charge >= 0.3 is 0 Å². The van der Waals surface area contributed by atoms with E-state index in [1.54, 1.807) is 0 Å². The van der Waals surface area contributed by atoms with Crippen molar-refractivity contribution in [2.45, 2.75) is 40.5 Å². The lowest BCUT2D eigenvalue weighted by Crippen LogP contribution is -1.78. The van der Waals surface area contributed by atoms with Gasteiger partial charge in [-0.1, -0.05) is 26.8 Å². The Morgan fingerprint density at radius 3 is 2.58 bits per heavy atom. The third kappa shape index (κ3) is 3.12. The third-order valence-corrected chi connectivity index (χ3v) is 1.66. The molecule has 0 aromatic heterocycles. The molecule has 1 heterocycles. The van der Waals surface area contributed by atoms with Crippen molar-refractivity contribution >= 4 is 0 Å². The minimum absolute atomic E-state index is 0.867. The van der Waals surface area contributed by atoms with Gasteiger partial charge in [-0.2, -0.15) is 0 Å². The zero-order valence-corrected chi connectivity index (χ0v) is 8.68. The van der Waals surface area contributed by atoms with E-state index in [4.69, 9.17) is 4.74 Å². The first-order chi connectivity index (χ1) is 5.88. The summed E-state index contributed by atoms with van der Waals surface area (Å²) < 4.78 is 5.36. The molecule has 1 nitrogen and oxygen atoms in total. The Labute approximate surface area is 76.1 Å². The van der Waals surface area contributed by atoms with E-state index in [0.29, 0.717) is 0 Å². The second-order valence-corrected chi connectivity index (χ2v) is 2.39. The van der Waals surface area contributed by atoms with Gasteiger partial charge in [-0.15, -0.1) is 0 Å². The molecule has 1 saturated heterocycles. The minimum Gasteiger partial charge on any atom is -0.493 e. The van der Waals surface area contributed by atoms with Crippen LogP contribution in [0.25, 0.3) is 0 Å². The van der Waals surface area contributed by atoms with Gasteiger partial charge in [0.15, 0.2) is 0 Å². The Morgan fingerprint density at radius 2 is 2.08 bits per heavy atom. The molecule has 70 valence electrons. The first kappa shape index (κ1) is 11.3. The van der Waals surface area contributed by atoms with E-state index in [1.165, 1.54) is 5.57 Å². The predicted molar refractivity (Wildman–Crippen MR) is 54.0 cm³/mol. The fraction of sp³-hybridized carbons (Fsp3) is 0.636. The monoisotopic (exact) mass is 168 g/mol. The second kappa shape index (κ2) is 6.96. The Balaban J connectivity index is 0.000000561. The van der Waals surface area contributed by atoms with Crippen molar-refractivity contribution in [2.75, 3.05) is 6.61 Å². The largest absolute Gasteiger partial charge is 0.493 e. The number of ether oxygens (including phenoxy) is 1. The molecule has 1 fully saturated rings. The summed E-state index contributed by atoms with van der Waals surface area (Å²) in [6, 6.07) is 0. The van der Waals surface area contributed by atoms with Crippen molar-refractivity contribution < 1.29 is 4.74 Å². The van der Waals surface area contributed by atoms with Crippen molar-refractivity contribution in [2.24, 2.45) is 0 Å². The first-order valence-electron chi connectivity index (χ1n) is 4.87. The second-order valence-electron chi connectivity index (χ2n) is 2.39. The van der Waals surface area contributed by atoms with Crippen LogP contribution in [-0.2, 0) is 4.74 Å². The summed E-state index contributed by atoms with van der Waals surface area (Å²) in [5, 5.41) is 0. The number of allylic oxidation sites excluding steroid dienone is 3. The molecule has 0 spiro atoms. The van der Waals surface area contributed by atoms with Crippen LogP contribution in [-0.4, -0.2) is 6.61 Å². The molecule has 1 aliphatic rings. The molecule has 0 bridgehead atoms. The van der Waals surface area contributed by atoms with E-state index >= 15 is 0 Å². The van der Waals surface area contributed by atoms with Gasteiger partial charge in [-0.05, 0) is 25.0 Å². The van der Waals surface area contributed by atoms with Crippen LogP contribution < -0.4 is 0 Å². The lowest BCUT2D eigenvalue weighted by Gasteiger charge is -1.96. The molecule has 1 rings (SSSR count). The van der Waals surface area contributed by atoms with Gasteiger partial charge in [0, 0.05) is 6.42 Å². The smallest absolute Gasteiger partial charge is 0.118 e. The van der Waals surface area contributed by atoms with Crippen LogP contribution in [0.15, 0.2) is 23.5 Å². The molecule has 0 unspecified atom stereocenters. The van der Waals surface area contributed by atoms with E-state index in [9.17, 15) is 0 Å². The summed E-state index contributed by atoms with van der Waals surface area (Å²) in [7, 11) is 0. The van der Waals surface area contributed by atoms with Gasteiger partial charge in [0.1, 0.15) is 5.76 Å². The van der Waals surface area contributed by atoms with Gasteiger partial charge in [0.05, 0.1) is 6.61 Å². The molecule has 12 heavy (non-hydrogen) atoms. The Morgan fingerprint density at radius 1 is 1.42 bits per heavy atom. The summed E-state index contributed by atoms with van der Waals surface area (Å²) >= 11 is 0. The minimum atomic E-state index is 0.867. The first-order valence-corrected chi connectivity index (χ1v) is 4.87. The molecule has 1 heteroatoms. The molecular formula is C11H20O. The van der Waals surface area contributed by atoms with E-state index in [-0.39, 0.29) is 0 Å². The quantitative estimate of drug-likeness (QED) is 0.580. The summed E-state index contributed by atoms with van der Waals surface area (Å²) in [5.74, 6) is 1.09. The van der Waals surface area contributed by atoms with E-state index in [1.807, 2.05) is 26.8 Å². The molecule has 0 aromatic rings. The van der Waals surface area contributed by atoms with E-state index in [2.05, 4.69) is 13.0 Å². The van der Waals surface area contributed by atoms with Gasteiger partial charge < -0.3 is 4.74 Å². The maximum atomic E-state index is 5.36. The fourth-order valence-electron chi connectivity index (χ4n) is 1.20. The Kier molecular flexibility index (Phi) is 6.54. The summed E-state index contributed by atoms with van der Waals surface area (Å²) in [4.78, 5) is 0. The maximum absolute atomic E-state index is 5.36. The summed E-state index contributed by atoms with van der Waals surface area (Å²) in [6.45, 7) is 9.04. The van der Waals surface area contributed by atoms with Gasteiger partial charge in [0.2, 0.25) is 0 Å². The third-order valence-electron chi connectivity index (χ3n) is 1.66. The van der Waals surface area contributed by atoms with Crippen molar-refractivity contribution in [1.82, 2.24) is 0 Å². The molecule has 1 aliphatic heterocycles. The van der Waals surface area contributed by atoms with Crippen molar-refractivity contribution in [1.29, 1.82) is 0 Å². The van der Waals surface area contributed by atoms with Gasteiger partial charge in [0.25, 0.3) is 0 Å². The SMILES string of the molecule is C/C=C1/OCC/C1=C/CC.CC. The van der Waals surface area contributed by atoms with Gasteiger partial charge in [-0.25, -0.2) is 0 Å². The standard InChI is InChI=1S/C9H14O.C2H6/c1-3-5-8-6-7-10-9(8)4-2;1-2/h4-5H,3,6-7H2,1-2H3;1-2H3/b8-5-,9-4+;. The van der Waals surface area contributed by atoms with E-state index < -0.39 is 0 Å². The van der Waals surface area contributed by atoms with Crippen molar-refractivity contribution in [3.8, 4) is 0 Å². The van der Waals surface area contributed by atoms with Gasteiger partial charge in [-0.3, -0.25) is 0 Å². The average Bonchev–Trinajstić information content (AvgIpc) is 2.56. The average molecular weight is 168 g/mol. The van der Waals surface area contributed by atoms with Crippen LogP contribution in [0, 0.1) is 0 Å². The number of rotatable bonds is 1. The van der Waals surface area contributed by atoms with Crippen LogP contribution in [0.1, 0.15) is 40.5 Å². The van der Waals surface area contributed by atoms with Crippen LogP contribution >= 0.6 is 0 Å². The predicted octanol–water partition coefficient (Wildman–Crippen LogP) is 3.67. The summed E-state index contributed by atoms with van der Waals surface area (Å²) in [5.41, 5.74) is 1.38. The lowest BCUT2D eigenvalue weighted by molar-refractivity contribution is 0.265.